The van der Waals surface area contributed by atoms with Gasteiger partial charge in [0.15, 0.2) is 5.96 Å². The maximum absolute atomic E-state index is 12.9. The van der Waals surface area contributed by atoms with E-state index in [0.29, 0.717) is 17.8 Å². The number of aliphatic imine (C=N–C) groups is 1. The molecule has 1 aromatic carbocycles. The molecule has 6 heteroatoms. The lowest BCUT2D eigenvalue weighted by atomic mass is 9.87. The number of ether oxygens (including phenoxy) is 2. The molecule has 144 valence electrons. The summed E-state index contributed by atoms with van der Waals surface area (Å²) in [5.74, 6) is 1.50. The zero-order valence-corrected chi connectivity index (χ0v) is 15.7. The maximum Gasteiger partial charge on any atom is 0.193 e. The first-order valence-corrected chi connectivity index (χ1v) is 9.70. The fourth-order valence-electron chi connectivity index (χ4n) is 3.63. The number of likely N-dealkylation sites (tertiary alicyclic amines) is 1. The van der Waals surface area contributed by atoms with Gasteiger partial charge in [-0.3, -0.25) is 4.99 Å². The van der Waals surface area contributed by atoms with Crippen molar-refractivity contribution in [2.24, 2.45) is 10.4 Å². The van der Waals surface area contributed by atoms with Gasteiger partial charge < -0.3 is 19.7 Å². The average molecular weight is 363 g/mol. The van der Waals surface area contributed by atoms with E-state index in [1.165, 1.54) is 25.0 Å². The van der Waals surface area contributed by atoms with E-state index in [4.69, 9.17) is 14.5 Å². The molecular formula is C20H30FN3O2. The van der Waals surface area contributed by atoms with Crippen LogP contribution in [0, 0.1) is 11.2 Å². The Morgan fingerprint density at radius 3 is 2.88 bits per heavy atom. The molecule has 2 fully saturated rings. The van der Waals surface area contributed by atoms with Crippen molar-refractivity contribution in [2.45, 2.75) is 32.6 Å². The molecule has 5 nitrogen and oxygen atoms in total. The highest BCUT2D eigenvalue weighted by molar-refractivity contribution is 5.80. The third kappa shape index (κ3) is 5.10. The molecule has 0 saturated carbocycles. The first kappa shape index (κ1) is 19.0. The molecule has 0 aliphatic carbocycles. The predicted molar refractivity (Wildman–Crippen MR) is 101 cm³/mol. The van der Waals surface area contributed by atoms with Crippen LogP contribution in [0.5, 0.6) is 5.75 Å². The zero-order valence-electron chi connectivity index (χ0n) is 15.7. The van der Waals surface area contributed by atoms with Crippen LogP contribution in [0.15, 0.2) is 29.3 Å². The number of hydrogen-bond donors (Lipinski definition) is 1. The number of halogens is 1. The number of guanidine groups is 1. The number of nitrogens with one attached hydrogen (secondary N) is 1. The van der Waals surface area contributed by atoms with Gasteiger partial charge >= 0.3 is 0 Å². The molecular weight excluding hydrogens is 333 g/mol. The molecule has 1 aromatic rings. The molecule has 0 bridgehead atoms. The van der Waals surface area contributed by atoms with Crippen molar-refractivity contribution in [1.82, 2.24) is 10.2 Å². The van der Waals surface area contributed by atoms with Crippen molar-refractivity contribution >= 4 is 5.96 Å². The maximum atomic E-state index is 12.9. The van der Waals surface area contributed by atoms with Crippen LogP contribution in [0.25, 0.3) is 0 Å². The summed E-state index contributed by atoms with van der Waals surface area (Å²) in [5.41, 5.74) is 0.346. The molecule has 3 rings (SSSR count). The SMILES string of the molecule is CCNC(=NCCCCOc1ccc(F)cc1)N1CCC2(CCOC2)C1. The van der Waals surface area contributed by atoms with E-state index in [2.05, 4.69) is 17.1 Å². The minimum atomic E-state index is -0.240. The van der Waals surface area contributed by atoms with Crippen molar-refractivity contribution in [1.29, 1.82) is 0 Å². The molecule has 1 N–H and O–H groups in total. The molecule has 1 unspecified atom stereocenters. The molecule has 26 heavy (non-hydrogen) atoms. The monoisotopic (exact) mass is 363 g/mol. The van der Waals surface area contributed by atoms with Gasteiger partial charge in [0.2, 0.25) is 0 Å². The van der Waals surface area contributed by atoms with Crippen LogP contribution in [-0.4, -0.2) is 56.9 Å². The first-order valence-electron chi connectivity index (χ1n) is 9.70. The Balaban J connectivity index is 1.39. The summed E-state index contributed by atoms with van der Waals surface area (Å²) in [7, 11) is 0. The van der Waals surface area contributed by atoms with E-state index in [1.54, 1.807) is 12.1 Å². The summed E-state index contributed by atoms with van der Waals surface area (Å²) in [6.07, 6.45) is 4.27. The lowest BCUT2D eigenvalue weighted by Gasteiger charge is -2.25. The van der Waals surface area contributed by atoms with E-state index in [-0.39, 0.29) is 5.82 Å². The van der Waals surface area contributed by atoms with Crippen LogP contribution in [-0.2, 0) is 4.74 Å². The van der Waals surface area contributed by atoms with Crippen LogP contribution in [0.4, 0.5) is 4.39 Å². The van der Waals surface area contributed by atoms with Crippen LogP contribution in [0.2, 0.25) is 0 Å². The van der Waals surface area contributed by atoms with Crippen molar-refractivity contribution in [3.8, 4) is 5.75 Å². The third-order valence-corrected chi connectivity index (χ3v) is 5.15. The molecule has 2 saturated heterocycles. The van der Waals surface area contributed by atoms with Crippen LogP contribution in [0.3, 0.4) is 0 Å². The number of unbranched alkanes of at least 4 members (excludes halogenated alkanes) is 1. The van der Waals surface area contributed by atoms with E-state index in [0.717, 1.165) is 58.2 Å². The van der Waals surface area contributed by atoms with Crippen molar-refractivity contribution in [3.05, 3.63) is 30.1 Å². The highest BCUT2D eigenvalue weighted by Crippen LogP contribution is 2.38. The van der Waals surface area contributed by atoms with Gasteiger partial charge in [0.1, 0.15) is 11.6 Å². The van der Waals surface area contributed by atoms with Crippen molar-refractivity contribution in [2.75, 3.05) is 46.0 Å². The summed E-state index contributed by atoms with van der Waals surface area (Å²) in [6, 6.07) is 6.15. The zero-order chi connectivity index (χ0) is 18.2. The Labute approximate surface area is 155 Å². The highest BCUT2D eigenvalue weighted by Gasteiger charge is 2.42. The summed E-state index contributed by atoms with van der Waals surface area (Å²) in [5, 5.41) is 3.42. The van der Waals surface area contributed by atoms with Gasteiger partial charge in [0, 0.05) is 38.2 Å². The summed E-state index contributed by atoms with van der Waals surface area (Å²) < 4.78 is 24.1. The lowest BCUT2D eigenvalue weighted by Crippen LogP contribution is -2.41. The Hall–Kier alpha value is -1.82. The number of benzene rings is 1. The minimum absolute atomic E-state index is 0.240. The Morgan fingerprint density at radius 2 is 2.15 bits per heavy atom. The first-order chi connectivity index (χ1) is 12.7. The standard InChI is InChI=1S/C20H30FN3O2/c1-2-22-19(24-12-9-20(15-24)10-14-25-16-20)23-11-3-4-13-26-18-7-5-17(21)6-8-18/h5-8H,2-4,9-16H2,1H3,(H,22,23). The van der Waals surface area contributed by atoms with Gasteiger partial charge in [-0.15, -0.1) is 0 Å². The second-order valence-corrected chi connectivity index (χ2v) is 7.22. The van der Waals surface area contributed by atoms with Gasteiger partial charge in [0.05, 0.1) is 13.2 Å². The van der Waals surface area contributed by atoms with Crippen molar-refractivity contribution < 1.29 is 13.9 Å². The summed E-state index contributed by atoms with van der Waals surface area (Å²) in [6.45, 7) is 8.30. The van der Waals surface area contributed by atoms with E-state index in [9.17, 15) is 4.39 Å². The summed E-state index contributed by atoms with van der Waals surface area (Å²) >= 11 is 0. The Morgan fingerprint density at radius 1 is 1.31 bits per heavy atom. The van der Waals surface area contributed by atoms with Gasteiger partial charge in [-0.1, -0.05) is 0 Å². The smallest absolute Gasteiger partial charge is 0.193 e. The molecule has 2 heterocycles. The minimum Gasteiger partial charge on any atom is -0.494 e. The number of nitrogens with zero attached hydrogens (tertiary/aromatic N) is 2. The van der Waals surface area contributed by atoms with E-state index >= 15 is 0 Å². The Bertz CT molecular complexity index is 585. The average Bonchev–Trinajstić information content (AvgIpc) is 3.29. The topological polar surface area (TPSA) is 46.1 Å². The third-order valence-electron chi connectivity index (χ3n) is 5.15. The van der Waals surface area contributed by atoms with Crippen LogP contribution < -0.4 is 10.1 Å². The predicted octanol–water partition coefficient (Wildman–Crippen LogP) is 3.06. The molecule has 0 amide bonds. The van der Waals surface area contributed by atoms with E-state index in [1.807, 2.05) is 0 Å². The second-order valence-electron chi connectivity index (χ2n) is 7.22. The van der Waals surface area contributed by atoms with Gasteiger partial charge in [-0.25, -0.2) is 4.39 Å². The molecule has 0 aromatic heterocycles. The molecule has 1 spiro atoms. The second kappa shape index (κ2) is 9.21. The van der Waals surface area contributed by atoms with Crippen LogP contribution in [0.1, 0.15) is 32.6 Å². The molecule has 2 aliphatic heterocycles. The largest absolute Gasteiger partial charge is 0.494 e. The normalized spacial score (nSPS) is 23.0. The van der Waals surface area contributed by atoms with Gasteiger partial charge in [-0.2, -0.15) is 0 Å². The van der Waals surface area contributed by atoms with Gasteiger partial charge in [-0.05, 0) is 56.9 Å². The van der Waals surface area contributed by atoms with Crippen LogP contribution >= 0.6 is 0 Å². The molecule has 0 radical (unpaired) electrons. The number of rotatable bonds is 7. The molecule has 2 aliphatic rings. The highest BCUT2D eigenvalue weighted by atomic mass is 19.1. The van der Waals surface area contributed by atoms with Gasteiger partial charge in [0.25, 0.3) is 0 Å². The fourth-order valence-corrected chi connectivity index (χ4v) is 3.63. The molecule has 1 atom stereocenters. The fraction of sp³-hybridized carbons (Fsp3) is 0.650. The Kier molecular flexibility index (Phi) is 6.72. The lowest BCUT2D eigenvalue weighted by molar-refractivity contribution is 0.156. The summed E-state index contributed by atoms with van der Waals surface area (Å²) in [4.78, 5) is 7.17. The van der Waals surface area contributed by atoms with Crippen molar-refractivity contribution in [3.63, 3.8) is 0 Å². The van der Waals surface area contributed by atoms with E-state index < -0.39 is 0 Å². The quantitative estimate of drug-likeness (QED) is 0.459. The number of hydrogen-bond acceptors (Lipinski definition) is 3.